The first-order chi connectivity index (χ1) is 10.3. The maximum absolute atomic E-state index is 12.2. The molecule has 120 valence electrons. The van der Waals surface area contributed by atoms with Crippen LogP contribution in [0.4, 0.5) is 0 Å². The van der Waals surface area contributed by atoms with Crippen LogP contribution in [0, 0.1) is 24.2 Å². The highest BCUT2D eigenvalue weighted by molar-refractivity contribution is 6.55. The van der Waals surface area contributed by atoms with Gasteiger partial charge in [0, 0.05) is 18.4 Å². The third-order valence-electron chi connectivity index (χ3n) is 4.38. The number of nitrogens with zero attached hydrogens (tertiary/aromatic N) is 1. The molecular weight excluding hydrogens is 319 g/mol. The molecule has 2 rings (SSSR count). The molecule has 0 aliphatic heterocycles. The summed E-state index contributed by atoms with van der Waals surface area (Å²) in [6.07, 6.45) is 5.34. The van der Waals surface area contributed by atoms with E-state index in [9.17, 15) is 4.79 Å². The Kier molecular flexibility index (Phi) is 5.51. The molecule has 0 radical (unpaired) electrons. The van der Waals surface area contributed by atoms with E-state index < -0.39 is 0 Å². The molecule has 0 spiro atoms. The minimum atomic E-state index is -0.0722. The van der Waals surface area contributed by atoms with Crippen molar-refractivity contribution in [3.05, 3.63) is 40.2 Å². The Labute approximate surface area is 142 Å². The van der Waals surface area contributed by atoms with E-state index in [0.29, 0.717) is 6.54 Å². The lowest BCUT2D eigenvalue weighted by molar-refractivity contribution is -0.123. The van der Waals surface area contributed by atoms with Crippen LogP contribution in [0.5, 0.6) is 0 Å². The molecule has 1 aliphatic carbocycles. The quantitative estimate of drug-likeness (QED) is 0.794. The molecule has 0 bridgehead atoms. The maximum Gasteiger partial charge on any atom is 0.224 e. The number of pyridine rings is 1. The van der Waals surface area contributed by atoms with Crippen LogP contribution in [0.3, 0.4) is 0 Å². The van der Waals surface area contributed by atoms with E-state index in [-0.39, 0.29) is 27.6 Å². The first-order valence-electron chi connectivity index (χ1n) is 7.54. The van der Waals surface area contributed by atoms with Crippen LogP contribution in [0.2, 0.25) is 0 Å². The van der Waals surface area contributed by atoms with Crippen molar-refractivity contribution >= 4 is 29.1 Å². The lowest BCUT2D eigenvalue weighted by Crippen LogP contribution is -2.28. The van der Waals surface area contributed by atoms with E-state index in [4.69, 9.17) is 23.2 Å². The molecule has 2 atom stereocenters. The van der Waals surface area contributed by atoms with E-state index >= 15 is 0 Å². The topological polar surface area (TPSA) is 42.0 Å². The molecule has 0 saturated heterocycles. The van der Waals surface area contributed by atoms with Gasteiger partial charge in [0.25, 0.3) is 0 Å². The van der Waals surface area contributed by atoms with Crippen LogP contribution in [0.15, 0.2) is 28.9 Å². The second-order valence-corrected chi connectivity index (χ2v) is 7.51. The zero-order chi connectivity index (χ0) is 16.3. The number of halogens is 2. The summed E-state index contributed by atoms with van der Waals surface area (Å²) in [4.78, 5) is 16.6. The van der Waals surface area contributed by atoms with Gasteiger partial charge in [0.1, 0.15) is 4.49 Å². The van der Waals surface area contributed by atoms with Crippen LogP contribution in [-0.2, 0) is 11.2 Å². The van der Waals surface area contributed by atoms with Gasteiger partial charge >= 0.3 is 0 Å². The van der Waals surface area contributed by atoms with Crippen LogP contribution >= 0.6 is 23.2 Å². The molecule has 1 amide bonds. The molecule has 1 aromatic rings. The number of rotatable bonds is 6. The molecule has 1 fully saturated rings. The predicted molar refractivity (Wildman–Crippen MR) is 90.9 cm³/mol. The second-order valence-electron chi connectivity index (χ2n) is 6.50. The number of carbonyl (C=O) groups is 1. The Morgan fingerprint density at radius 2 is 2.18 bits per heavy atom. The molecule has 22 heavy (non-hydrogen) atoms. The van der Waals surface area contributed by atoms with Crippen molar-refractivity contribution in [2.75, 3.05) is 6.54 Å². The number of allylic oxidation sites excluding steroid dienone is 1. The minimum absolute atomic E-state index is 0.0444. The molecular formula is C17H22Cl2N2O. The monoisotopic (exact) mass is 340 g/mol. The summed E-state index contributed by atoms with van der Waals surface area (Å²) in [6.45, 7) is 6.83. The van der Waals surface area contributed by atoms with Gasteiger partial charge in [-0.1, -0.05) is 37.0 Å². The first kappa shape index (κ1) is 17.3. The highest BCUT2D eigenvalue weighted by Crippen LogP contribution is 2.59. The van der Waals surface area contributed by atoms with E-state index in [0.717, 1.165) is 18.5 Å². The summed E-state index contributed by atoms with van der Waals surface area (Å²) in [6, 6.07) is 4.06. The number of hydrogen-bond donors (Lipinski definition) is 1. The summed E-state index contributed by atoms with van der Waals surface area (Å²) >= 11 is 11.4. The largest absolute Gasteiger partial charge is 0.356 e. The van der Waals surface area contributed by atoms with Crippen LogP contribution < -0.4 is 5.32 Å². The van der Waals surface area contributed by atoms with Gasteiger partial charge in [0.2, 0.25) is 5.91 Å². The maximum atomic E-state index is 12.2. The van der Waals surface area contributed by atoms with E-state index in [1.165, 1.54) is 5.56 Å². The molecule has 1 N–H and O–H groups in total. The molecule has 1 aliphatic rings. The van der Waals surface area contributed by atoms with E-state index in [1.807, 2.05) is 12.3 Å². The first-order valence-corrected chi connectivity index (χ1v) is 8.30. The Morgan fingerprint density at radius 1 is 1.45 bits per heavy atom. The fourth-order valence-corrected chi connectivity index (χ4v) is 3.22. The standard InChI is InChI=1S/C17H22Cl2N2O/c1-11-6-8-20-12(9-11)5-4-7-21-16(22)15-13(10-14(18)19)17(15,2)3/h6,8-10,13,15H,4-5,7H2,1-3H3,(H,21,22). The van der Waals surface area contributed by atoms with Crippen LogP contribution in [-0.4, -0.2) is 17.4 Å². The highest BCUT2D eigenvalue weighted by atomic mass is 35.5. The number of hydrogen-bond acceptors (Lipinski definition) is 2. The van der Waals surface area contributed by atoms with Crippen molar-refractivity contribution in [1.29, 1.82) is 0 Å². The number of amides is 1. The van der Waals surface area contributed by atoms with Crippen molar-refractivity contribution < 1.29 is 4.79 Å². The highest BCUT2D eigenvalue weighted by Gasteiger charge is 2.60. The SMILES string of the molecule is Cc1ccnc(CCCNC(=O)C2C(C=C(Cl)Cl)C2(C)C)c1. The lowest BCUT2D eigenvalue weighted by Gasteiger charge is -2.06. The molecule has 1 heterocycles. The zero-order valence-corrected chi connectivity index (χ0v) is 14.7. The van der Waals surface area contributed by atoms with E-state index in [1.54, 1.807) is 6.08 Å². The predicted octanol–water partition coefficient (Wildman–Crippen LogP) is 4.03. The van der Waals surface area contributed by atoms with Gasteiger partial charge < -0.3 is 5.32 Å². The summed E-state index contributed by atoms with van der Waals surface area (Å²) in [5.74, 6) is 0.158. The summed E-state index contributed by atoms with van der Waals surface area (Å²) in [5.41, 5.74) is 2.20. The normalized spacial score (nSPS) is 22.0. The van der Waals surface area contributed by atoms with Crippen molar-refractivity contribution in [3.63, 3.8) is 0 Å². The van der Waals surface area contributed by atoms with Gasteiger partial charge in [0.15, 0.2) is 0 Å². The molecule has 1 aromatic heterocycles. The number of aromatic nitrogens is 1. The third kappa shape index (κ3) is 4.23. The molecule has 1 saturated carbocycles. The van der Waals surface area contributed by atoms with Crippen molar-refractivity contribution in [1.82, 2.24) is 10.3 Å². The van der Waals surface area contributed by atoms with Gasteiger partial charge in [-0.25, -0.2) is 0 Å². The second kappa shape index (κ2) is 7.01. The number of aryl methyl sites for hydroxylation is 2. The third-order valence-corrected chi connectivity index (χ3v) is 4.63. The Morgan fingerprint density at radius 3 is 2.82 bits per heavy atom. The smallest absolute Gasteiger partial charge is 0.224 e. The van der Waals surface area contributed by atoms with Gasteiger partial charge in [-0.15, -0.1) is 0 Å². The van der Waals surface area contributed by atoms with Gasteiger partial charge in [-0.2, -0.15) is 0 Å². The van der Waals surface area contributed by atoms with Gasteiger partial charge in [0.05, 0.1) is 5.92 Å². The summed E-state index contributed by atoms with van der Waals surface area (Å²) in [7, 11) is 0. The van der Waals surface area contributed by atoms with Gasteiger partial charge in [-0.3, -0.25) is 9.78 Å². The Balaban J connectivity index is 1.76. The Hall–Kier alpha value is -1.06. The average Bonchev–Trinajstić information content (AvgIpc) is 2.95. The number of nitrogens with one attached hydrogen (secondary N) is 1. The molecule has 3 nitrogen and oxygen atoms in total. The molecule has 5 heteroatoms. The van der Waals surface area contributed by atoms with Crippen molar-refractivity contribution in [3.8, 4) is 0 Å². The Bertz CT molecular complexity index is 580. The number of carbonyl (C=O) groups excluding carboxylic acids is 1. The lowest BCUT2D eigenvalue weighted by atomic mass is 10.1. The van der Waals surface area contributed by atoms with Crippen molar-refractivity contribution in [2.24, 2.45) is 17.3 Å². The molecule has 0 aromatic carbocycles. The zero-order valence-electron chi connectivity index (χ0n) is 13.2. The summed E-state index contributed by atoms with van der Waals surface area (Å²) < 4.78 is 0.235. The van der Waals surface area contributed by atoms with Gasteiger partial charge in [-0.05, 0) is 54.9 Å². The van der Waals surface area contributed by atoms with Crippen LogP contribution in [0.25, 0.3) is 0 Å². The van der Waals surface area contributed by atoms with E-state index in [2.05, 4.69) is 37.1 Å². The summed E-state index contributed by atoms with van der Waals surface area (Å²) in [5, 5.41) is 3.01. The molecule has 2 unspecified atom stereocenters. The average molecular weight is 341 g/mol. The van der Waals surface area contributed by atoms with Crippen LogP contribution in [0.1, 0.15) is 31.5 Å². The fraction of sp³-hybridized carbons (Fsp3) is 0.529. The minimum Gasteiger partial charge on any atom is -0.356 e. The fourth-order valence-electron chi connectivity index (χ4n) is 2.95. The van der Waals surface area contributed by atoms with Crippen molar-refractivity contribution in [2.45, 2.75) is 33.6 Å².